The van der Waals surface area contributed by atoms with Crippen LogP contribution in [0.2, 0.25) is 0 Å². The van der Waals surface area contributed by atoms with Crippen LogP contribution in [0.15, 0.2) is 82.1 Å². The van der Waals surface area contributed by atoms with E-state index in [-0.39, 0.29) is 5.41 Å². The molecule has 0 unspecified atom stereocenters. The van der Waals surface area contributed by atoms with E-state index >= 15 is 0 Å². The summed E-state index contributed by atoms with van der Waals surface area (Å²) in [6.07, 6.45) is 1.47. The van der Waals surface area contributed by atoms with Crippen molar-refractivity contribution < 1.29 is 12.8 Å². The van der Waals surface area contributed by atoms with Crippen molar-refractivity contribution in [2.24, 2.45) is 0 Å². The Morgan fingerprint density at radius 2 is 1.67 bits per heavy atom. The number of fused-ring (bicyclic) bond motifs is 1. The number of benzene rings is 3. The number of hydrogen-bond donors (Lipinski definition) is 0. The quantitative estimate of drug-likeness (QED) is 0.358. The Morgan fingerprint density at radius 1 is 0.939 bits per heavy atom. The standard InChI is InChI=1S/C27H28N2O3S/c1-27(2,3)21-12-14-22(15-13-21)33(30,31)29-17-7-10-24(29)26-28-23-18-20(11-16-25(23)32-26)19-8-5-4-6-9-19/h4-6,8-9,11-16,18,24H,7,10,17H2,1-3H3/t24-/m0/s1. The van der Waals surface area contributed by atoms with Gasteiger partial charge in [-0.2, -0.15) is 4.31 Å². The Morgan fingerprint density at radius 3 is 2.36 bits per heavy atom. The topological polar surface area (TPSA) is 63.4 Å². The second-order valence-electron chi connectivity index (χ2n) is 9.65. The highest BCUT2D eigenvalue weighted by atomic mass is 32.2. The minimum Gasteiger partial charge on any atom is -0.439 e. The molecule has 0 radical (unpaired) electrons. The van der Waals surface area contributed by atoms with Gasteiger partial charge in [-0.15, -0.1) is 0 Å². The maximum atomic E-state index is 13.5. The first-order chi connectivity index (χ1) is 15.7. The van der Waals surface area contributed by atoms with Crippen LogP contribution in [0.5, 0.6) is 0 Å². The first-order valence-corrected chi connectivity index (χ1v) is 12.8. The molecule has 3 aromatic carbocycles. The average Bonchev–Trinajstić information content (AvgIpc) is 3.46. The highest BCUT2D eigenvalue weighted by Crippen LogP contribution is 2.38. The van der Waals surface area contributed by atoms with Crippen LogP contribution in [0.3, 0.4) is 0 Å². The number of sulfonamides is 1. The molecule has 1 aliphatic heterocycles. The predicted octanol–water partition coefficient (Wildman–Crippen LogP) is 6.32. The van der Waals surface area contributed by atoms with Crippen LogP contribution >= 0.6 is 0 Å². The molecule has 5 nitrogen and oxygen atoms in total. The lowest BCUT2D eigenvalue weighted by molar-refractivity contribution is 0.337. The van der Waals surface area contributed by atoms with Gasteiger partial charge in [0.2, 0.25) is 15.9 Å². The Labute approximate surface area is 195 Å². The molecule has 5 rings (SSSR count). The molecule has 1 aromatic heterocycles. The number of hydrogen-bond acceptors (Lipinski definition) is 4. The smallest absolute Gasteiger partial charge is 0.243 e. The Bertz CT molecular complexity index is 1390. The maximum absolute atomic E-state index is 13.5. The molecule has 0 saturated carbocycles. The van der Waals surface area contributed by atoms with Crippen LogP contribution in [-0.2, 0) is 15.4 Å². The van der Waals surface area contributed by atoms with Gasteiger partial charge in [-0.1, -0.05) is 69.3 Å². The molecule has 33 heavy (non-hydrogen) atoms. The van der Waals surface area contributed by atoms with E-state index in [1.807, 2.05) is 48.5 Å². The van der Waals surface area contributed by atoms with E-state index in [2.05, 4.69) is 32.9 Å². The van der Waals surface area contributed by atoms with Gasteiger partial charge in [0.15, 0.2) is 5.58 Å². The Hall–Kier alpha value is -2.96. The van der Waals surface area contributed by atoms with E-state index in [0.717, 1.165) is 28.6 Å². The van der Waals surface area contributed by atoms with Crippen molar-refractivity contribution in [3.05, 3.63) is 84.3 Å². The van der Waals surface area contributed by atoms with Crippen LogP contribution in [0.4, 0.5) is 0 Å². The lowest BCUT2D eigenvalue weighted by Crippen LogP contribution is -2.31. The van der Waals surface area contributed by atoms with Crippen molar-refractivity contribution in [1.29, 1.82) is 0 Å². The van der Waals surface area contributed by atoms with Crippen molar-refractivity contribution in [2.45, 2.75) is 50.0 Å². The summed E-state index contributed by atoms with van der Waals surface area (Å²) in [7, 11) is -3.65. The lowest BCUT2D eigenvalue weighted by Gasteiger charge is -2.23. The third-order valence-corrected chi connectivity index (χ3v) is 8.25. The van der Waals surface area contributed by atoms with Crippen LogP contribution < -0.4 is 0 Å². The molecule has 1 saturated heterocycles. The van der Waals surface area contributed by atoms with Gasteiger partial charge >= 0.3 is 0 Å². The van der Waals surface area contributed by atoms with Gasteiger partial charge < -0.3 is 4.42 Å². The fourth-order valence-corrected chi connectivity index (χ4v) is 6.09. The first kappa shape index (κ1) is 21.9. The number of nitrogens with zero attached hydrogens (tertiary/aromatic N) is 2. The monoisotopic (exact) mass is 460 g/mol. The van der Waals surface area contributed by atoms with Crippen molar-refractivity contribution in [3.8, 4) is 11.1 Å². The Kier molecular flexibility index (Phi) is 5.38. The molecular weight excluding hydrogens is 432 g/mol. The first-order valence-electron chi connectivity index (χ1n) is 11.3. The summed E-state index contributed by atoms with van der Waals surface area (Å²) in [6.45, 7) is 6.80. The van der Waals surface area contributed by atoms with Crippen LogP contribution in [-0.4, -0.2) is 24.3 Å². The lowest BCUT2D eigenvalue weighted by atomic mass is 9.87. The zero-order valence-corrected chi connectivity index (χ0v) is 20.0. The zero-order valence-electron chi connectivity index (χ0n) is 19.2. The van der Waals surface area contributed by atoms with Gasteiger partial charge in [0.05, 0.1) is 4.90 Å². The number of rotatable bonds is 4. The Balaban J connectivity index is 1.46. The SMILES string of the molecule is CC(C)(C)c1ccc(S(=O)(=O)N2CCC[C@H]2c2nc3cc(-c4ccccc4)ccc3o2)cc1. The van der Waals surface area contributed by atoms with Gasteiger partial charge in [-0.25, -0.2) is 13.4 Å². The van der Waals surface area contributed by atoms with Crippen molar-refractivity contribution in [2.75, 3.05) is 6.54 Å². The van der Waals surface area contributed by atoms with Crippen LogP contribution in [0, 0.1) is 0 Å². The minimum absolute atomic E-state index is 0.0325. The molecule has 0 amide bonds. The average molecular weight is 461 g/mol. The summed E-state index contributed by atoms with van der Waals surface area (Å²) in [5.74, 6) is 0.461. The molecule has 0 bridgehead atoms. The van der Waals surface area contributed by atoms with E-state index in [1.165, 1.54) is 0 Å². The molecule has 0 spiro atoms. The third kappa shape index (κ3) is 4.09. The highest BCUT2D eigenvalue weighted by molar-refractivity contribution is 7.89. The summed E-state index contributed by atoms with van der Waals surface area (Å²) < 4.78 is 34.6. The predicted molar refractivity (Wildman–Crippen MR) is 130 cm³/mol. The second kappa shape index (κ2) is 8.12. The fourth-order valence-electron chi connectivity index (χ4n) is 4.43. The summed E-state index contributed by atoms with van der Waals surface area (Å²) in [5, 5.41) is 0. The number of oxazole rings is 1. The van der Waals surface area contributed by atoms with Crippen molar-refractivity contribution in [3.63, 3.8) is 0 Å². The molecular formula is C27H28N2O3S. The largest absolute Gasteiger partial charge is 0.439 e. The second-order valence-corrected chi connectivity index (χ2v) is 11.5. The maximum Gasteiger partial charge on any atom is 0.243 e. The molecule has 1 fully saturated rings. The van der Waals surface area contributed by atoms with Crippen LogP contribution in [0.25, 0.3) is 22.2 Å². The summed E-state index contributed by atoms with van der Waals surface area (Å²) in [5.41, 5.74) is 4.64. The molecule has 0 aliphatic carbocycles. The van der Waals surface area contributed by atoms with Crippen molar-refractivity contribution >= 4 is 21.1 Å². The molecule has 170 valence electrons. The van der Waals surface area contributed by atoms with Gasteiger partial charge in [-0.3, -0.25) is 0 Å². The zero-order chi connectivity index (χ0) is 23.2. The van der Waals surface area contributed by atoms with Gasteiger partial charge in [0.25, 0.3) is 0 Å². The molecule has 1 aliphatic rings. The van der Waals surface area contributed by atoms with E-state index in [9.17, 15) is 8.42 Å². The molecule has 2 heterocycles. The normalized spacial score (nSPS) is 17.6. The van der Waals surface area contributed by atoms with Gasteiger partial charge in [0.1, 0.15) is 11.6 Å². The molecule has 6 heteroatoms. The fraction of sp³-hybridized carbons (Fsp3) is 0.296. The van der Waals surface area contributed by atoms with E-state index < -0.39 is 16.1 Å². The van der Waals surface area contributed by atoms with Gasteiger partial charge in [-0.05, 0) is 59.2 Å². The van der Waals surface area contributed by atoms with Gasteiger partial charge in [0, 0.05) is 6.54 Å². The van der Waals surface area contributed by atoms with E-state index in [0.29, 0.717) is 29.3 Å². The summed E-state index contributed by atoms with van der Waals surface area (Å²) in [4.78, 5) is 5.02. The van der Waals surface area contributed by atoms with Crippen molar-refractivity contribution in [1.82, 2.24) is 9.29 Å². The molecule has 0 N–H and O–H groups in total. The summed E-state index contributed by atoms with van der Waals surface area (Å²) >= 11 is 0. The highest BCUT2D eigenvalue weighted by Gasteiger charge is 2.39. The van der Waals surface area contributed by atoms with Crippen LogP contribution in [0.1, 0.15) is 51.1 Å². The molecule has 4 aromatic rings. The number of aromatic nitrogens is 1. The van der Waals surface area contributed by atoms with E-state index in [1.54, 1.807) is 16.4 Å². The molecule has 1 atom stereocenters. The minimum atomic E-state index is -3.65. The summed E-state index contributed by atoms with van der Waals surface area (Å²) in [6, 6.07) is 22.9. The van der Waals surface area contributed by atoms with E-state index in [4.69, 9.17) is 9.40 Å². The third-order valence-electron chi connectivity index (χ3n) is 6.33.